The van der Waals surface area contributed by atoms with Crippen molar-refractivity contribution in [2.45, 2.75) is 31.8 Å². The molecule has 1 fully saturated rings. The van der Waals surface area contributed by atoms with Gasteiger partial charge in [0, 0.05) is 12.6 Å². The van der Waals surface area contributed by atoms with Crippen molar-refractivity contribution in [2.24, 2.45) is 11.6 Å². The minimum Gasteiger partial charge on any atom is -0.368 e. The predicted octanol–water partition coefficient (Wildman–Crippen LogP) is 0.720. The number of benzene rings is 1. The summed E-state index contributed by atoms with van der Waals surface area (Å²) >= 11 is 0. The van der Waals surface area contributed by atoms with Gasteiger partial charge in [-0.05, 0) is 31.0 Å². The van der Waals surface area contributed by atoms with E-state index in [1.165, 1.54) is 6.07 Å². The first kappa shape index (κ1) is 15.2. The number of primary amides is 1. The van der Waals surface area contributed by atoms with Gasteiger partial charge in [0.25, 0.3) is 5.69 Å². The van der Waals surface area contributed by atoms with E-state index in [1.54, 1.807) is 12.1 Å². The van der Waals surface area contributed by atoms with E-state index in [0.717, 1.165) is 31.4 Å². The molecule has 1 aliphatic rings. The van der Waals surface area contributed by atoms with Gasteiger partial charge in [-0.2, -0.15) is 0 Å². The van der Waals surface area contributed by atoms with Crippen LogP contribution in [0.5, 0.6) is 0 Å². The number of hydrogen-bond donors (Lipinski definition) is 3. The smallest absolute Gasteiger partial charge is 0.293 e. The van der Waals surface area contributed by atoms with Crippen molar-refractivity contribution in [3.05, 3.63) is 33.9 Å². The number of anilines is 1. The highest BCUT2D eigenvalue weighted by Crippen LogP contribution is 2.26. The van der Waals surface area contributed by atoms with Gasteiger partial charge in [0.15, 0.2) is 0 Å². The molecule has 1 atom stereocenters. The van der Waals surface area contributed by atoms with Gasteiger partial charge < -0.3 is 11.2 Å². The third-order valence-electron chi connectivity index (χ3n) is 3.74. The van der Waals surface area contributed by atoms with E-state index in [9.17, 15) is 14.9 Å². The van der Waals surface area contributed by atoms with Crippen molar-refractivity contribution >= 4 is 17.3 Å². The van der Waals surface area contributed by atoms with Gasteiger partial charge in [-0.15, -0.1) is 0 Å². The molecule has 8 nitrogen and oxygen atoms in total. The van der Waals surface area contributed by atoms with Gasteiger partial charge in [-0.1, -0.05) is 12.5 Å². The first-order chi connectivity index (χ1) is 10.0. The number of nitro groups is 1. The van der Waals surface area contributed by atoms with Crippen LogP contribution in [0.2, 0.25) is 0 Å². The van der Waals surface area contributed by atoms with E-state index in [1.807, 2.05) is 4.90 Å². The Labute approximate surface area is 122 Å². The lowest BCUT2D eigenvalue weighted by molar-refractivity contribution is -0.384. The summed E-state index contributed by atoms with van der Waals surface area (Å²) in [5.74, 6) is 4.92. The molecule has 1 unspecified atom stereocenters. The lowest BCUT2D eigenvalue weighted by Crippen LogP contribution is -2.47. The third kappa shape index (κ3) is 3.47. The zero-order valence-corrected chi connectivity index (χ0v) is 11.6. The monoisotopic (exact) mass is 293 g/mol. The number of amides is 1. The zero-order chi connectivity index (χ0) is 15.4. The number of hydrazine groups is 1. The Morgan fingerprint density at radius 3 is 2.86 bits per heavy atom. The highest BCUT2D eigenvalue weighted by Gasteiger charge is 2.27. The quantitative estimate of drug-likeness (QED) is 0.417. The molecule has 2 rings (SSSR count). The fraction of sp³-hybridized carbons (Fsp3) is 0.462. The maximum absolute atomic E-state index is 11.5. The number of nitrogens with two attached hydrogens (primary N) is 2. The molecular weight excluding hydrogens is 274 g/mol. The van der Waals surface area contributed by atoms with Crippen molar-refractivity contribution in [3.8, 4) is 0 Å². The number of nitro benzene ring substituents is 1. The average molecular weight is 293 g/mol. The summed E-state index contributed by atoms with van der Waals surface area (Å²) in [5.41, 5.74) is 8.66. The van der Waals surface area contributed by atoms with E-state index >= 15 is 0 Å². The van der Waals surface area contributed by atoms with Gasteiger partial charge in [0.05, 0.1) is 11.0 Å². The van der Waals surface area contributed by atoms with Gasteiger partial charge in [0.2, 0.25) is 5.91 Å². The van der Waals surface area contributed by atoms with Crippen LogP contribution in [-0.4, -0.2) is 28.3 Å². The molecule has 1 heterocycles. The van der Waals surface area contributed by atoms with Crippen molar-refractivity contribution < 1.29 is 9.72 Å². The van der Waals surface area contributed by atoms with Crippen molar-refractivity contribution in [2.75, 3.05) is 12.0 Å². The lowest BCUT2D eigenvalue weighted by Gasteiger charge is -2.33. The number of carbonyl (C=O) groups is 1. The van der Waals surface area contributed by atoms with Crippen molar-refractivity contribution in [3.63, 3.8) is 0 Å². The average Bonchev–Trinajstić information content (AvgIpc) is 2.47. The summed E-state index contributed by atoms with van der Waals surface area (Å²) in [6, 6.07) is 4.50. The number of piperidine rings is 1. The van der Waals surface area contributed by atoms with Crippen molar-refractivity contribution in [1.82, 2.24) is 4.90 Å². The van der Waals surface area contributed by atoms with Gasteiger partial charge in [-0.3, -0.25) is 25.7 Å². The van der Waals surface area contributed by atoms with Crippen LogP contribution in [0.15, 0.2) is 18.2 Å². The summed E-state index contributed by atoms with van der Waals surface area (Å²) in [5, 5.41) is 11.0. The normalized spacial score (nSPS) is 19.2. The molecule has 1 saturated heterocycles. The molecule has 0 bridgehead atoms. The van der Waals surface area contributed by atoms with Crippen LogP contribution >= 0.6 is 0 Å². The summed E-state index contributed by atoms with van der Waals surface area (Å²) in [7, 11) is 0. The molecule has 21 heavy (non-hydrogen) atoms. The molecule has 5 N–H and O–H groups in total. The molecule has 0 aliphatic carbocycles. The van der Waals surface area contributed by atoms with E-state index in [4.69, 9.17) is 11.6 Å². The Bertz CT molecular complexity index is 549. The van der Waals surface area contributed by atoms with E-state index in [2.05, 4.69) is 5.43 Å². The number of carbonyl (C=O) groups excluding carboxylic acids is 1. The zero-order valence-electron chi connectivity index (χ0n) is 11.6. The molecule has 0 saturated carbocycles. The maximum atomic E-state index is 11.5. The number of hydrogen-bond acceptors (Lipinski definition) is 6. The van der Waals surface area contributed by atoms with Crippen LogP contribution in [0, 0.1) is 10.1 Å². The van der Waals surface area contributed by atoms with Gasteiger partial charge in [0.1, 0.15) is 5.69 Å². The highest BCUT2D eigenvalue weighted by atomic mass is 16.6. The maximum Gasteiger partial charge on any atom is 0.293 e. The van der Waals surface area contributed by atoms with Crippen molar-refractivity contribution in [1.29, 1.82) is 0 Å². The van der Waals surface area contributed by atoms with Crippen LogP contribution < -0.4 is 17.0 Å². The third-order valence-corrected chi connectivity index (χ3v) is 3.74. The summed E-state index contributed by atoms with van der Waals surface area (Å²) in [4.78, 5) is 24.0. The second-order valence-electron chi connectivity index (χ2n) is 5.14. The molecule has 1 amide bonds. The second kappa shape index (κ2) is 6.51. The molecule has 114 valence electrons. The predicted molar refractivity (Wildman–Crippen MR) is 78.1 cm³/mol. The fourth-order valence-electron chi connectivity index (χ4n) is 2.69. The summed E-state index contributed by atoms with van der Waals surface area (Å²) < 4.78 is 0. The number of likely N-dealkylation sites (tertiary alicyclic amines) is 1. The SMILES string of the molecule is NNc1ccc(CN2CCCCC2C(N)=O)cc1[N+](=O)[O-]. The lowest BCUT2D eigenvalue weighted by atomic mass is 10.0. The van der Waals surface area contributed by atoms with E-state index < -0.39 is 4.92 Å². The topological polar surface area (TPSA) is 128 Å². The number of nitrogens with one attached hydrogen (secondary N) is 1. The minimum absolute atomic E-state index is 0.0809. The van der Waals surface area contributed by atoms with Crippen LogP contribution in [0.1, 0.15) is 24.8 Å². The van der Waals surface area contributed by atoms with Crippen LogP contribution in [-0.2, 0) is 11.3 Å². The largest absolute Gasteiger partial charge is 0.368 e. The molecule has 1 aliphatic heterocycles. The number of nitrogen functional groups attached to an aromatic ring is 1. The standard InChI is InChI=1S/C13H19N5O3/c14-13(19)11-3-1-2-6-17(11)8-9-4-5-10(16-15)12(7-9)18(20)21/h4-5,7,11,16H,1-3,6,8,15H2,(H2,14,19). The molecular formula is C13H19N5O3. The molecule has 0 spiro atoms. The molecule has 1 aromatic rings. The number of rotatable bonds is 5. The van der Waals surface area contributed by atoms with Crippen LogP contribution in [0.4, 0.5) is 11.4 Å². The van der Waals surface area contributed by atoms with E-state index in [0.29, 0.717) is 6.54 Å². The highest BCUT2D eigenvalue weighted by molar-refractivity contribution is 5.79. The molecule has 0 aromatic heterocycles. The number of nitrogens with zero attached hydrogens (tertiary/aromatic N) is 2. The summed E-state index contributed by atoms with van der Waals surface area (Å²) in [6.45, 7) is 1.22. The van der Waals surface area contributed by atoms with Crippen LogP contribution in [0.3, 0.4) is 0 Å². The Balaban J connectivity index is 2.20. The Hall–Kier alpha value is -2.19. The Kier molecular flexibility index (Phi) is 4.71. The minimum atomic E-state index is -0.486. The Morgan fingerprint density at radius 2 is 2.24 bits per heavy atom. The molecule has 1 aromatic carbocycles. The Morgan fingerprint density at radius 1 is 1.48 bits per heavy atom. The van der Waals surface area contributed by atoms with Gasteiger partial charge >= 0.3 is 0 Å². The summed E-state index contributed by atoms with van der Waals surface area (Å²) in [6.07, 6.45) is 2.70. The first-order valence-corrected chi connectivity index (χ1v) is 6.80. The first-order valence-electron chi connectivity index (χ1n) is 6.80. The molecule has 8 heteroatoms. The van der Waals surface area contributed by atoms with E-state index in [-0.39, 0.29) is 23.3 Å². The fourth-order valence-corrected chi connectivity index (χ4v) is 2.69. The molecule has 0 radical (unpaired) electrons. The van der Waals surface area contributed by atoms with Gasteiger partial charge in [-0.25, -0.2) is 0 Å². The second-order valence-corrected chi connectivity index (χ2v) is 5.14. The van der Waals surface area contributed by atoms with Crippen LogP contribution in [0.25, 0.3) is 0 Å².